The van der Waals surface area contributed by atoms with Crippen molar-refractivity contribution in [3.63, 3.8) is 0 Å². The summed E-state index contributed by atoms with van der Waals surface area (Å²) in [5.74, 6) is 3.51. The van der Waals surface area contributed by atoms with E-state index in [0.717, 1.165) is 18.3 Å². The van der Waals surface area contributed by atoms with E-state index in [9.17, 15) is 4.79 Å². The molecule has 2 aliphatic carbocycles. The molecule has 2 saturated carbocycles. The van der Waals surface area contributed by atoms with Crippen LogP contribution in [0.15, 0.2) is 0 Å². The highest BCUT2D eigenvalue weighted by Crippen LogP contribution is 2.66. The smallest absolute Gasteiger partial charge is 0.384 e. The molecule has 0 radical (unpaired) electrons. The maximum Gasteiger partial charge on any atom is 0.384 e. The van der Waals surface area contributed by atoms with Gasteiger partial charge < -0.3 is 4.74 Å². The van der Waals surface area contributed by atoms with Gasteiger partial charge in [-0.15, -0.1) is 6.42 Å². The highest BCUT2D eigenvalue weighted by Gasteiger charge is 2.61. The topological polar surface area (TPSA) is 26.3 Å². The molecule has 2 unspecified atom stereocenters. The van der Waals surface area contributed by atoms with E-state index in [2.05, 4.69) is 20.8 Å². The maximum atomic E-state index is 11.0. The minimum absolute atomic E-state index is 0.0385. The molecule has 15 heavy (non-hydrogen) atoms. The summed E-state index contributed by atoms with van der Waals surface area (Å²) in [6, 6.07) is 0. The lowest BCUT2D eigenvalue weighted by atomic mass is 9.88. The number of terminal acetylenes is 1. The van der Waals surface area contributed by atoms with E-state index in [1.54, 1.807) is 0 Å². The lowest BCUT2D eigenvalue weighted by Gasteiger charge is -2.27. The Hall–Kier alpha value is -0.970. The first-order valence-electron chi connectivity index (χ1n) is 5.64. The summed E-state index contributed by atoms with van der Waals surface area (Å²) in [5.41, 5.74) is 0.450. The zero-order valence-electron chi connectivity index (χ0n) is 9.62. The highest BCUT2D eigenvalue weighted by atomic mass is 16.5. The van der Waals surface area contributed by atoms with Crippen molar-refractivity contribution in [2.45, 2.75) is 39.7 Å². The average Bonchev–Trinajstić information content (AvgIpc) is 2.69. The summed E-state index contributed by atoms with van der Waals surface area (Å²) in [5, 5.41) is 0. The Morgan fingerprint density at radius 3 is 2.60 bits per heavy atom. The van der Waals surface area contributed by atoms with Gasteiger partial charge in [0, 0.05) is 5.92 Å². The van der Waals surface area contributed by atoms with Gasteiger partial charge in [-0.1, -0.05) is 20.8 Å². The summed E-state index contributed by atoms with van der Waals surface area (Å²) in [6.07, 6.45) is 7.21. The lowest BCUT2D eigenvalue weighted by Crippen LogP contribution is -2.28. The van der Waals surface area contributed by atoms with Crippen molar-refractivity contribution >= 4 is 5.97 Å². The molecule has 0 aliphatic heterocycles. The minimum Gasteiger partial charge on any atom is -0.453 e. The van der Waals surface area contributed by atoms with Crippen LogP contribution in [0.1, 0.15) is 33.6 Å². The Balaban J connectivity index is 1.98. The first-order chi connectivity index (χ1) is 6.96. The molecule has 0 spiro atoms. The molecule has 0 saturated heterocycles. The van der Waals surface area contributed by atoms with Crippen LogP contribution in [-0.2, 0) is 9.53 Å². The van der Waals surface area contributed by atoms with Gasteiger partial charge in [0.05, 0.1) is 0 Å². The molecule has 0 heterocycles. The van der Waals surface area contributed by atoms with E-state index in [4.69, 9.17) is 11.2 Å². The van der Waals surface area contributed by atoms with Gasteiger partial charge in [-0.25, -0.2) is 4.79 Å². The second-order valence-electron chi connectivity index (χ2n) is 5.57. The Kier molecular flexibility index (Phi) is 2.30. The van der Waals surface area contributed by atoms with Crippen molar-refractivity contribution in [2.75, 3.05) is 0 Å². The molecule has 0 aromatic heterocycles. The highest BCUT2D eigenvalue weighted by molar-refractivity contribution is 5.87. The number of ether oxygens (including phenoxy) is 1. The molecule has 0 aromatic rings. The van der Waals surface area contributed by atoms with E-state index >= 15 is 0 Å². The fourth-order valence-electron chi connectivity index (χ4n) is 3.16. The molecular formula is C13H18O2. The summed E-state index contributed by atoms with van der Waals surface area (Å²) < 4.78 is 5.27. The van der Waals surface area contributed by atoms with Gasteiger partial charge in [-0.05, 0) is 36.0 Å². The fourth-order valence-corrected chi connectivity index (χ4v) is 3.16. The third kappa shape index (κ3) is 1.65. The third-order valence-electron chi connectivity index (χ3n) is 4.41. The van der Waals surface area contributed by atoms with Crippen molar-refractivity contribution in [2.24, 2.45) is 23.2 Å². The van der Waals surface area contributed by atoms with Crippen LogP contribution in [0.3, 0.4) is 0 Å². The van der Waals surface area contributed by atoms with Crippen LogP contribution in [-0.4, -0.2) is 12.1 Å². The number of carbonyl (C=O) groups excluding carboxylic acids is 1. The molecule has 82 valence electrons. The Morgan fingerprint density at radius 2 is 2.00 bits per heavy atom. The first-order valence-corrected chi connectivity index (χ1v) is 5.64. The van der Waals surface area contributed by atoms with Crippen molar-refractivity contribution < 1.29 is 9.53 Å². The lowest BCUT2D eigenvalue weighted by molar-refractivity contribution is -0.146. The van der Waals surface area contributed by atoms with Gasteiger partial charge in [-0.3, -0.25) is 0 Å². The van der Waals surface area contributed by atoms with Gasteiger partial charge in [0.2, 0.25) is 0 Å². The summed E-state index contributed by atoms with van der Waals surface area (Å²) in [7, 11) is 0. The number of carbonyl (C=O) groups is 1. The van der Waals surface area contributed by atoms with Gasteiger partial charge in [0.25, 0.3) is 0 Å². The predicted octanol–water partition coefficient (Wildman–Crippen LogP) is 2.23. The second kappa shape index (κ2) is 3.27. The van der Waals surface area contributed by atoms with Gasteiger partial charge in [-0.2, -0.15) is 0 Å². The number of fused-ring (bicyclic) bond motifs is 1. The van der Waals surface area contributed by atoms with Gasteiger partial charge >= 0.3 is 5.97 Å². The molecule has 0 bridgehead atoms. The summed E-state index contributed by atoms with van der Waals surface area (Å²) in [6.45, 7) is 6.76. The number of hydrogen-bond acceptors (Lipinski definition) is 2. The Morgan fingerprint density at radius 1 is 1.40 bits per heavy atom. The first kappa shape index (κ1) is 10.5. The van der Waals surface area contributed by atoms with Crippen LogP contribution in [0, 0.1) is 35.5 Å². The molecule has 0 N–H and O–H groups in total. The average molecular weight is 206 g/mol. The van der Waals surface area contributed by atoms with E-state index in [0.29, 0.717) is 11.3 Å². The van der Waals surface area contributed by atoms with Crippen LogP contribution < -0.4 is 0 Å². The molecule has 0 amide bonds. The number of hydrogen-bond donors (Lipinski definition) is 0. The molecule has 4 atom stereocenters. The number of rotatable bonds is 1. The largest absolute Gasteiger partial charge is 0.453 e. The fraction of sp³-hybridized carbons (Fsp3) is 0.769. The quantitative estimate of drug-likeness (QED) is 0.373. The molecule has 2 nitrogen and oxygen atoms in total. The van der Waals surface area contributed by atoms with Crippen LogP contribution in [0.4, 0.5) is 0 Å². The van der Waals surface area contributed by atoms with Crippen LogP contribution >= 0.6 is 0 Å². The summed E-state index contributed by atoms with van der Waals surface area (Å²) in [4.78, 5) is 11.0. The molecule has 0 aromatic carbocycles. The van der Waals surface area contributed by atoms with Gasteiger partial charge in [0.1, 0.15) is 6.10 Å². The van der Waals surface area contributed by atoms with E-state index in [-0.39, 0.29) is 6.10 Å². The zero-order valence-corrected chi connectivity index (χ0v) is 9.62. The molecular weight excluding hydrogens is 188 g/mol. The normalized spacial score (nSPS) is 41.2. The van der Waals surface area contributed by atoms with E-state index in [1.165, 1.54) is 6.42 Å². The second-order valence-corrected chi connectivity index (χ2v) is 5.57. The molecule has 2 aliphatic rings. The minimum atomic E-state index is -0.510. The zero-order chi connectivity index (χ0) is 11.2. The van der Waals surface area contributed by atoms with E-state index < -0.39 is 5.97 Å². The maximum absolute atomic E-state index is 11.0. The van der Waals surface area contributed by atoms with E-state index in [1.807, 2.05) is 5.92 Å². The van der Waals surface area contributed by atoms with Gasteiger partial charge in [0.15, 0.2) is 0 Å². The Bertz CT molecular complexity index is 324. The monoisotopic (exact) mass is 206 g/mol. The van der Waals surface area contributed by atoms with Crippen molar-refractivity contribution in [1.82, 2.24) is 0 Å². The molecule has 2 rings (SSSR count). The molecule has 2 heteroatoms. The standard InChI is InChI=1S/C13H18O2/c1-5-12(14)15-11-7-10-9(6-8(11)2)13(10,3)4/h1,8-11H,6-7H2,2-4H3/t8-,9?,10?,11-/m1/s1. The summed E-state index contributed by atoms with van der Waals surface area (Å²) >= 11 is 0. The third-order valence-corrected chi connectivity index (χ3v) is 4.41. The number of esters is 1. The molecule has 2 fully saturated rings. The van der Waals surface area contributed by atoms with Crippen LogP contribution in [0.2, 0.25) is 0 Å². The van der Waals surface area contributed by atoms with Crippen molar-refractivity contribution in [3.05, 3.63) is 0 Å². The van der Waals surface area contributed by atoms with Crippen LogP contribution in [0.5, 0.6) is 0 Å². The predicted molar refractivity (Wildman–Crippen MR) is 57.9 cm³/mol. The van der Waals surface area contributed by atoms with Crippen molar-refractivity contribution in [3.8, 4) is 12.3 Å². The SMILES string of the molecule is C#CC(=O)O[C@@H]1CC2C(C[C@H]1C)C2(C)C. The Labute approximate surface area is 91.4 Å². The van der Waals surface area contributed by atoms with Crippen LogP contribution in [0.25, 0.3) is 0 Å². The van der Waals surface area contributed by atoms with Crippen molar-refractivity contribution in [1.29, 1.82) is 0 Å².